The van der Waals surface area contributed by atoms with Crippen molar-refractivity contribution in [2.24, 2.45) is 0 Å². The van der Waals surface area contributed by atoms with E-state index in [1.807, 2.05) is 19.1 Å². The number of aromatic nitrogens is 1. The van der Waals surface area contributed by atoms with Crippen LogP contribution in [0.4, 0.5) is 5.69 Å². The number of hydrogen-bond donors (Lipinski definition) is 1. The number of nitro groups is 1. The molecule has 0 unspecified atom stereocenters. The Kier molecular flexibility index (Phi) is 2.57. The van der Waals surface area contributed by atoms with Gasteiger partial charge in [0.05, 0.1) is 21.5 Å². The van der Waals surface area contributed by atoms with Crippen LogP contribution in [-0.4, -0.2) is 9.91 Å². The molecule has 3 aromatic rings. The van der Waals surface area contributed by atoms with Crippen LogP contribution >= 0.6 is 0 Å². The minimum atomic E-state index is -0.435. The van der Waals surface area contributed by atoms with Crippen molar-refractivity contribution in [1.82, 2.24) is 4.98 Å². The fraction of sp³-hybridized carbons (Fsp3) is 0.133. The molecule has 0 aliphatic carbocycles. The van der Waals surface area contributed by atoms with Crippen molar-refractivity contribution >= 4 is 27.5 Å². The van der Waals surface area contributed by atoms with Gasteiger partial charge in [-0.2, -0.15) is 0 Å². The van der Waals surface area contributed by atoms with E-state index in [4.69, 9.17) is 0 Å². The molecule has 0 atom stereocenters. The second kappa shape index (κ2) is 4.16. The van der Waals surface area contributed by atoms with Gasteiger partial charge in [-0.15, -0.1) is 0 Å². The van der Waals surface area contributed by atoms with Crippen molar-refractivity contribution in [2.75, 3.05) is 0 Å². The van der Waals surface area contributed by atoms with Crippen LogP contribution in [0.3, 0.4) is 0 Å². The molecule has 0 bridgehead atoms. The van der Waals surface area contributed by atoms with E-state index in [9.17, 15) is 14.9 Å². The van der Waals surface area contributed by atoms with Crippen LogP contribution < -0.4 is 5.43 Å². The number of pyridine rings is 1. The summed E-state index contributed by atoms with van der Waals surface area (Å²) in [5, 5.41) is 12.1. The highest BCUT2D eigenvalue weighted by molar-refractivity contribution is 5.96. The fourth-order valence-corrected chi connectivity index (χ4v) is 2.54. The van der Waals surface area contributed by atoms with Crippen LogP contribution in [-0.2, 0) is 0 Å². The number of para-hydroxylation sites is 1. The number of aryl methyl sites for hydroxylation is 2. The molecule has 20 heavy (non-hydrogen) atoms. The number of nitrogens with zero attached hydrogens (tertiary/aromatic N) is 1. The summed E-state index contributed by atoms with van der Waals surface area (Å²) in [6, 6.07) is 8.39. The van der Waals surface area contributed by atoms with Gasteiger partial charge < -0.3 is 4.98 Å². The summed E-state index contributed by atoms with van der Waals surface area (Å²) in [4.78, 5) is 26.2. The van der Waals surface area contributed by atoms with E-state index in [1.165, 1.54) is 12.1 Å². The molecule has 100 valence electrons. The highest BCUT2D eigenvalue weighted by atomic mass is 16.6. The topological polar surface area (TPSA) is 76.0 Å². The van der Waals surface area contributed by atoms with E-state index >= 15 is 0 Å². The van der Waals surface area contributed by atoms with Crippen molar-refractivity contribution in [3.63, 3.8) is 0 Å². The van der Waals surface area contributed by atoms with Crippen molar-refractivity contribution in [3.8, 4) is 0 Å². The molecule has 0 fully saturated rings. The molecule has 0 amide bonds. The molecule has 2 aromatic carbocycles. The Balaban J connectivity index is 2.58. The summed E-state index contributed by atoms with van der Waals surface area (Å²) in [6.45, 7) is 3.55. The Morgan fingerprint density at radius 2 is 1.75 bits per heavy atom. The second-order valence-corrected chi connectivity index (χ2v) is 4.84. The molecule has 0 aliphatic rings. The second-order valence-electron chi connectivity index (χ2n) is 4.84. The highest BCUT2D eigenvalue weighted by Crippen LogP contribution is 2.26. The molecule has 0 saturated carbocycles. The molecule has 5 heteroatoms. The van der Waals surface area contributed by atoms with Gasteiger partial charge >= 0.3 is 0 Å². The number of benzene rings is 2. The number of nitro benzene ring substituents is 1. The Bertz CT molecular complexity index is 926. The largest absolute Gasteiger partial charge is 0.354 e. The summed E-state index contributed by atoms with van der Waals surface area (Å²) in [6.07, 6.45) is 0. The van der Waals surface area contributed by atoms with E-state index in [-0.39, 0.29) is 11.1 Å². The lowest BCUT2D eigenvalue weighted by atomic mass is 10.0. The Hall–Kier alpha value is -2.69. The first kappa shape index (κ1) is 12.3. The van der Waals surface area contributed by atoms with Crippen molar-refractivity contribution in [3.05, 3.63) is 61.8 Å². The molecule has 0 saturated heterocycles. The lowest BCUT2D eigenvalue weighted by molar-refractivity contribution is -0.385. The quantitative estimate of drug-likeness (QED) is 0.418. The maximum absolute atomic E-state index is 12.5. The third kappa shape index (κ3) is 1.60. The molecule has 0 spiro atoms. The first-order valence-electron chi connectivity index (χ1n) is 6.20. The SMILES string of the molecule is Cc1cccc2c(=O)c3ccc([N+](=O)[O-])c(C)c3[nH]c12. The van der Waals surface area contributed by atoms with Gasteiger partial charge in [-0.3, -0.25) is 14.9 Å². The van der Waals surface area contributed by atoms with Crippen LogP contribution in [0.2, 0.25) is 0 Å². The molecule has 5 nitrogen and oxygen atoms in total. The van der Waals surface area contributed by atoms with Gasteiger partial charge in [0.1, 0.15) is 0 Å². The Morgan fingerprint density at radius 3 is 2.45 bits per heavy atom. The van der Waals surface area contributed by atoms with E-state index in [0.29, 0.717) is 21.9 Å². The molecule has 1 heterocycles. The van der Waals surface area contributed by atoms with E-state index in [1.54, 1.807) is 13.0 Å². The Labute approximate surface area is 114 Å². The fourth-order valence-electron chi connectivity index (χ4n) is 2.54. The maximum Gasteiger partial charge on any atom is 0.274 e. The first-order chi connectivity index (χ1) is 9.50. The number of fused-ring (bicyclic) bond motifs is 2. The summed E-state index contributed by atoms with van der Waals surface area (Å²) < 4.78 is 0. The zero-order valence-corrected chi connectivity index (χ0v) is 11.1. The van der Waals surface area contributed by atoms with Crippen LogP contribution in [0.1, 0.15) is 11.1 Å². The first-order valence-corrected chi connectivity index (χ1v) is 6.20. The smallest absolute Gasteiger partial charge is 0.274 e. The monoisotopic (exact) mass is 268 g/mol. The van der Waals surface area contributed by atoms with Crippen LogP contribution in [0, 0.1) is 24.0 Å². The average Bonchev–Trinajstić information content (AvgIpc) is 2.41. The zero-order chi connectivity index (χ0) is 14.4. The lowest BCUT2D eigenvalue weighted by Gasteiger charge is -2.07. The number of H-pyrrole nitrogens is 1. The van der Waals surface area contributed by atoms with Crippen LogP contribution in [0.25, 0.3) is 21.8 Å². The maximum atomic E-state index is 12.5. The van der Waals surface area contributed by atoms with Gasteiger partial charge in [0.15, 0.2) is 5.43 Å². The summed E-state index contributed by atoms with van der Waals surface area (Å²) >= 11 is 0. The van der Waals surface area contributed by atoms with Crippen LogP contribution in [0.15, 0.2) is 35.1 Å². The van der Waals surface area contributed by atoms with Crippen molar-refractivity contribution < 1.29 is 4.92 Å². The lowest BCUT2D eigenvalue weighted by Crippen LogP contribution is -2.06. The van der Waals surface area contributed by atoms with Gasteiger partial charge in [-0.25, -0.2) is 0 Å². The molecule has 0 aliphatic heterocycles. The molecule has 3 rings (SSSR count). The van der Waals surface area contributed by atoms with Crippen LogP contribution in [0.5, 0.6) is 0 Å². The number of nitrogens with one attached hydrogen (secondary N) is 1. The van der Waals surface area contributed by atoms with Crippen molar-refractivity contribution in [2.45, 2.75) is 13.8 Å². The molecule has 1 N–H and O–H groups in total. The molecular formula is C15H12N2O3. The summed E-state index contributed by atoms with van der Waals surface area (Å²) in [7, 11) is 0. The predicted octanol–water partition coefficient (Wildman–Crippen LogP) is 3.21. The van der Waals surface area contributed by atoms with Gasteiger partial charge in [0.25, 0.3) is 5.69 Å². The van der Waals surface area contributed by atoms with E-state index in [0.717, 1.165) is 11.1 Å². The number of hydrogen-bond acceptors (Lipinski definition) is 3. The molecular weight excluding hydrogens is 256 g/mol. The van der Waals surface area contributed by atoms with E-state index < -0.39 is 4.92 Å². The van der Waals surface area contributed by atoms with Gasteiger partial charge in [-0.05, 0) is 31.5 Å². The average molecular weight is 268 g/mol. The minimum Gasteiger partial charge on any atom is -0.354 e. The normalized spacial score (nSPS) is 11.1. The molecule has 1 aromatic heterocycles. The van der Waals surface area contributed by atoms with Crippen molar-refractivity contribution in [1.29, 1.82) is 0 Å². The highest BCUT2D eigenvalue weighted by Gasteiger charge is 2.16. The third-order valence-electron chi connectivity index (χ3n) is 3.65. The Morgan fingerprint density at radius 1 is 1.05 bits per heavy atom. The summed E-state index contributed by atoms with van der Waals surface area (Å²) in [5.41, 5.74) is 2.60. The third-order valence-corrected chi connectivity index (χ3v) is 3.65. The molecule has 0 radical (unpaired) electrons. The van der Waals surface area contributed by atoms with Gasteiger partial charge in [-0.1, -0.05) is 12.1 Å². The number of aromatic amines is 1. The standard InChI is InChI=1S/C15H12N2O3/c1-8-4-3-5-10-13(8)16-14-9(2)12(17(19)20)7-6-11(14)15(10)18/h3-7H,1-2H3,(H,16,18). The predicted molar refractivity (Wildman–Crippen MR) is 78.2 cm³/mol. The summed E-state index contributed by atoms with van der Waals surface area (Å²) in [5.74, 6) is 0. The number of rotatable bonds is 1. The van der Waals surface area contributed by atoms with E-state index in [2.05, 4.69) is 4.98 Å². The zero-order valence-electron chi connectivity index (χ0n) is 11.1. The van der Waals surface area contributed by atoms with Gasteiger partial charge in [0, 0.05) is 16.8 Å². The van der Waals surface area contributed by atoms with Gasteiger partial charge in [0.2, 0.25) is 0 Å². The minimum absolute atomic E-state index is 0.0149.